The maximum absolute atomic E-state index is 15.9. The molecule has 0 aliphatic carbocycles. The van der Waals surface area contributed by atoms with Crippen LogP contribution in [-0.2, 0) is 18.0 Å². The number of carbonyl (C=O) groups is 1. The number of aliphatic hydroxyl groups is 1. The molecule has 0 atom stereocenters. The Labute approximate surface area is 231 Å². The highest BCUT2D eigenvalue weighted by atomic mass is 19.1. The zero-order chi connectivity index (χ0) is 29.7. The second-order valence-electron chi connectivity index (χ2n) is 9.94. The molecule has 2 aromatic heterocycles. The van der Waals surface area contributed by atoms with E-state index in [0.717, 1.165) is 6.07 Å². The highest BCUT2D eigenvalue weighted by molar-refractivity contribution is 5.98. The summed E-state index contributed by atoms with van der Waals surface area (Å²) in [5, 5.41) is 13.1. The first kappa shape index (κ1) is 28.1. The Morgan fingerprint density at radius 1 is 1.17 bits per heavy atom. The lowest BCUT2D eigenvalue weighted by molar-refractivity contribution is 0.0441. The summed E-state index contributed by atoms with van der Waals surface area (Å²) in [6.07, 6.45) is 1.19. The summed E-state index contributed by atoms with van der Waals surface area (Å²) in [5.41, 5.74) is 5.59. The number of rotatable bonds is 7. The lowest BCUT2D eigenvalue weighted by Crippen LogP contribution is -2.57. The van der Waals surface area contributed by atoms with E-state index in [1.165, 1.54) is 30.7 Å². The third-order valence-corrected chi connectivity index (χ3v) is 7.45. The molecule has 4 N–H and O–H groups in total. The number of aryl methyl sites for hydroxylation is 3. The average Bonchev–Trinajstić information content (AvgIpc) is 3.24. The van der Waals surface area contributed by atoms with E-state index in [2.05, 4.69) is 5.32 Å². The number of nitrogens with two attached hydrogens (primary N) is 1. The normalized spacial score (nSPS) is 13.6. The average molecular weight is 571 g/mol. The molecule has 4 aromatic rings. The van der Waals surface area contributed by atoms with Gasteiger partial charge in [-0.05, 0) is 40.0 Å². The molecule has 0 bridgehead atoms. The summed E-state index contributed by atoms with van der Waals surface area (Å²) >= 11 is 0. The summed E-state index contributed by atoms with van der Waals surface area (Å²) in [7, 11) is 1.81. The van der Waals surface area contributed by atoms with Gasteiger partial charge in [0.2, 0.25) is 5.43 Å². The van der Waals surface area contributed by atoms with E-state index in [1.807, 2.05) is 11.9 Å². The van der Waals surface area contributed by atoms with Crippen LogP contribution < -0.4 is 27.2 Å². The van der Waals surface area contributed by atoms with Crippen molar-refractivity contribution in [1.82, 2.24) is 9.88 Å². The van der Waals surface area contributed by atoms with Crippen molar-refractivity contribution < 1.29 is 32.3 Å². The van der Waals surface area contributed by atoms with Gasteiger partial charge in [-0.3, -0.25) is 4.79 Å². The molecular formula is C28H28F2N4O7. The number of ether oxygens (including phenoxy) is 1. The molecule has 0 unspecified atom stereocenters. The lowest BCUT2D eigenvalue weighted by atomic mass is 9.96. The number of aromatic nitrogens is 1. The number of aliphatic hydroxyl groups excluding tert-OH is 1. The van der Waals surface area contributed by atoms with Gasteiger partial charge in [0.05, 0.1) is 34.6 Å². The molecule has 1 saturated heterocycles. The highest BCUT2D eigenvalue weighted by Crippen LogP contribution is 2.37. The summed E-state index contributed by atoms with van der Waals surface area (Å²) in [6, 6.07) is 2.47. The molecule has 13 heteroatoms. The summed E-state index contributed by atoms with van der Waals surface area (Å²) in [4.78, 5) is 40.2. The maximum atomic E-state index is 15.9. The van der Waals surface area contributed by atoms with Crippen LogP contribution in [0.25, 0.3) is 16.6 Å². The standard InChI is InChI=1S/C28H28F2N4O7/c1-12-22-24(13(2)25(23(12)30)33-7-16(8-33)32-4)34(20-6-19(31)18(29)5-15(20)10-35)9-17(26(22)36)27(37)39-11-21-14(3)40-28(38)41-21/h5-6,9,16,32,35H,7-8,10-11,31H2,1-4H3. The zero-order valence-corrected chi connectivity index (χ0v) is 22.8. The van der Waals surface area contributed by atoms with E-state index in [4.69, 9.17) is 19.3 Å². The molecule has 2 aromatic carbocycles. The number of nitrogens with zero attached hydrogens (tertiary/aromatic N) is 2. The van der Waals surface area contributed by atoms with Crippen molar-refractivity contribution in [3.63, 3.8) is 0 Å². The number of likely N-dealkylation sites (N-methyl/N-ethyl adjacent to an activating group) is 1. The number of anilines is 2. The smallest absolute Gasteiger partial charge is 0.454 e. The first-order valence-electron chi connectivity index (χ1n) is 12.7. The fourth-order valence-electron chi connectivity index (χ4n) is 5.14. The Balaban J connectivity index is 1.77. The number of hydrogen-bond acceptors (Lipinski definition) is 10. The molecule has 0 spiro atoms. The van der Waals surface area contributed by atoms with Crippen molar-refractivity contribution in [2.24, 2.45) is 0 Å². The van der Waals surface area contributed by atoms with Gasteiger partial charge in [0.25, 0.3) is 0 Å². The molecule has 11 nitrogen and oxygen atoms in total. The molecule has 1 fully saturated rings. The van der Waals surface area contributed by atoms with Gasteiger partial charge < -0.3 is 39.2 Å². The van der Waals surface area contributed by atoms with E-state index >= 15 is 4.39 Å². The second-order valence-corrected chi connectivity index (χ2v) is 9.94. The molecule has 3 heterocycles. The number of fused-ring (bicyclic) bond motifs is 1. The summed E-state index contributed by atoms with van der Waals surface area (Å²) in [6.45, 7) is 4.48. The van der Waals surface area contributed by atoms with Gasteiger partial charge in [-0.1, -0.05) is 0 Å². The van der Waals surface area contributed by atoms with E-state index < -0.39 is 47.6 Å². The van der Waals surface area contributed by atoms with Crippen molar-refractivity contribution in [3.05, 3.63) is 84.6 Å². The SMILES string of the molecule is CNC1CN(c2c(F)c(C)c3c(=O)c(C(=O)OCc4oc(=O)oc4C)cn(-c4cc(N)c(F)cc4CO)c3c2C)C1. The number of halogens is 2. The maximum Gasteiger partial charge on any atom is 0.519 e. The third kappa shape index (κ3) is 4.66. The molecule has 0 saturated carbocycles. The van der Waals surface area contributed by atoms with Gasteiger partial charge in [-0.2, -0.15) is 0 Å². The molecule has 0 radical (unpaired) electrons. The van der Waals surface area contributed by atoms with Crippen molar-refractivity contribution >= 4 is 28.2 Å². The Bertz CT molecular complexity index is 1820. The van der Waals surface area contributed by atoms with Gasteiger partial charge in [-0.15, -0.1) is 0 Å². The lowest BCUT2D eigenvalue weighted by Gasteiger charge is -2.42. The monoisotopic (exact) mass is 570 g/mol. The minimum Gasteiger partial charge on any atom is -0.454 e. The van der Waals surface area contributed by atoms with E-state index in [9.17, 15) is 23.9 Å². The predicted molar refractivity (Wildman–Crippen MR) is 145 cm³/mol. The van der Waals surface area contributed by atoms with Crippen molar-refractivity contribution in [2.45, 2.75) is 40.0 Å². The number of carbonyl (C=O) groups excluding carboxylic acids is 1. The fourth-order valence-corrected chi connectivity index (χ4v) is 5.14. The van der Waals surface area contributed by atoms with Crippen LogP contribution in [0.15, 0.2) is 36.8 Å². The largest absolute Gasteiger partial charge is 0.519 e. The quantitative estimate of drug-likeness (QED) is 0.223. The van der Waals surface area contributed by atoms with Crippen molar-refractivity contribution in [1.29, 1.82) is 0 Å². The van der Waals surface area contributed by atoms with Crippen LogP contribution in [0, 0.1) is 32.4 Å². The number of hydrogen-bond donors (Lipinski definition) is 3. The van der Waals surface area contributed by atoms with Gasteiger partial charge in [-0.25, -0.2) is 18.4 Å². The number of nitrogen functional groups attached to an aromatic ring is 1. The van der Waals surface area contributed by atoms with E-state index in [1.54, 1.807) is 6.92 Å². The molecule has 41 heavy (non-hydrogen) atoms. The number of esters is 1. The van der Waals surface area contributed by atoms with Gasteiger partial charge in [0.1, 0.15) is 11.4 Å². The Hall–Kier alpha value is -4.49. The first-order chi connectivity index (χ1) is 19.5. The van der Waals surface area contributed by atoms with Crippen LogP contribution in [0.4, 0.5) is 20.2 Å². The van der Waals surface area contributed by atoms with Crippen LogP contribution in [0.1, 0.15) is 38.6 Å². The highest BCUT2D eigenvalue weighted by Gasteiger charge is 2.32. The van der Waals surface area contributed by atoms with E-state index in [0.29, 0.717) is 18.7 Å². The molecular weight excluding hydrogens is 542 g/mol. The molecule has 216 valence electrons. The minimum atomic E-state index is -1.09. The predicted octanol–water partition coefficient (Wildman–Crippen LogP) is 2.58. The summed E-state index contributed by atoms with van der Waals surface area (Å²) in [5.74, 6) is -3.40. The fraction of sp³-hybridized carbons (Fsp3) is 0.321. The third-order valence-electron chi connectivity index (χ3n) is 7.45. The first-order valence-corrected chi connectivity index (χ1v) is 12.7. The van der Waals surface area contributed by atoms with Crippen molar-refractivity contribution in [3.8, 4) is 5.69 Å². The topological polar surface area (TPSA) is 153 Å². The van der Waals surface area contributed by atoms with E-state index in [-0.39, 0.29) is 56.7 Å². The summed E-state index contributed by atoms with van der Waals surface area (Å²) < 4.78 is 46.6. The Morgan fingerprint density at radius 2 is 1.88 bits per heavy atom. The number of nitrogens with one attached hydrogen (secondary N) is 1. The van der Waals surface area contributed by atoms with Gasteiger partial charge in [0.15, 0.2) is 23.9 Å². The van der Waals surface area contributed by atoms with Gasteiger partial charge >= 0.3 is 11.8 Å². The Morgan fingerprint density at radius 3 is 2.49 bits per heavy atom. The van der Waals surface area contributed by atoms with Gasteiger partial charge in [0, 0.05) is 42.0 Å². The van der Waals surface area contributed by atoms with Crippen LogP contribution >= 0.6 is 0 Å². The molecule has 5 rings (SSSR count). The second kappa shape index (κ2) is 10.5. The molecule has 0 amide bonds. The molecule has 1 aliphatic rings. The van der Waals surface area contributed by atoms with Crippen molar-refractivity contribution in [2.75, 3.05) is 30.8 Å². The molecule has 1 aliphatic heterocycles. The number of benzene rings is 2. The van der Waals surface area contributed by atoms with Crippen LogP contribution in [-0.4, -0.2) is 41.8 Å². The minimum absolute atomic E-state index is 0.000726. The van der Waals surface area contributed by atoms with Crippen LogP contribution in [0.5, 0.6) is 0 Å². The van der Waals surface area contributed by atoms with Crippen LogP contribution in [0.2, 0.25) is 0 Å². The van der Waals surface area contributed by atoms with Crippen LogP contribution in [0.3, 0.4) is 0 Å². The Kier molecular flexibility index (Phi) is 7.17. The zero-order valence-electron chi connectivity index (χ0n) is 22.8. The number of pyridine rings is 1.